The molecule has 2 N–H and O–H groups in total. The Morgan fingerprint density at radius 1 is 1.41 bits per heavy atom. The fourth-order valence-electron chi connectivity index (χ4n) is 3.27. The predicted octanol–water partition coefficient (Wildman–Crippen LogP) is 2.35. The van der Waals surface area contributed by atoms with E-state index >= 15 is 0 Å². The number of nitrogens with zero attached hydrogens (tertiary/aromatic N) is 3. The number of hydrogen-bond donors (Lipinski definition) is 2. The number of carbonyl (C=O) groups is 1. The molecule has 0 bridgehead atoms. The Hall–Kier alpha value is -2.11. The van der Waals surface area contributed by atoms with Crippen LogP contribution in [0, 0.1) is 20.8 Å². The average Bonchev–Trinajstić information content (AvgIpc) is 3.18. The lowest BCUT2D eigenvalue weighted by Crippen LogP contribution is -2.31. The van der Waals surface area contributed by atoms with Gasteiger partial charge < -0.3 is 9.88 Å². The number of aromatic amines is 2. The third kappa shape index (κ3) is 2.77. The van der Waals surface area contributed by atoms with Crippen molar-refractivity contribution in [2.24, 2.45) is 0 Å². The van der Waals surface area contributed by atoms with Gasteiger partial charge in [0, 0.05) is 30.6 Å². The van der Waals surface area contributed by atoms with E-state index in [1.165, 1.54) is 0 Å². The maximum Gasteiger partial charge on any atom is 0.223 e. The highest BCUT2D eigenvalue weighted by atomic mass is 16.2. The minimum atomic E-state index is 0.104. The van der Waals surface area contributed by atoms with Crippen LogP contribution in [0.2, 0.25) is 0 Å². The van der Waals surface area contributed by atoms with Crippen molar-refractivity contribution >= 4 is 5.91 Å². The maximum atomic E-state index is 12.6. The summed E-state index contributed by atoms with van der Waals surface area (Å²) in [5, 5.41) is 7.17. The number of hydrogen-bond acceptors (Lipinski definition) is 3. The first-order valence-electron chi connectivity index (χ1n) is 7.87. The molecule has 2 aromatic heterocycles. The SMILES string of the molecule is Cc1cnc([C@H]2CCCN2C(=O)CCc2c(C)n[nH]c2C)[nH]1. The molecule has 1 amide bonds. The Morgan fingerprint density at radius 2 is 2.23 bits per heavy atom. The molecule has 1 saturated heterocycles. The van der Waals surface area contributed by atoms with Gasteiger partial charge in [0.1, 0.15) is 5.82 Å². The van der Waals surface area contributed by atoms with E-state index in [1.54, 1.807) is 0 Å². The predicted molar refractivity (Wildman–Crippen MR) is 83.4 cm³/mol. The molecule has 6 nitrogen and oxygen atoms in total. The van der Waals surface area contributed by atoms with Crippen LogP contribution >= 0.6 is 0 Å². The van der Waals surface area contributed by atoms with Crippen LogP contribution in [0.4, 0.5) is 0 Å². The van der Waals surface area contributed by atoms with Crippen molar-refractivity contribution in [3.8, 4) is 0 Å². The smallest absolute Gasteiger partial charge is 0.223 e. The number of H-pyrrole nitrogens is 2. The zero-order valence-corrected chi connectivity index (χ0v) is 13.4. The fourth-order valence-corrected chi connectivity index (χ4v) is 3.27. The summed E-state index contributed by atoms with van der Waals surface area (Å²) in [6, 6.07) is 0.104. The lowest BCUT2D eigenvalue weighted by atomic mass is 10.1. The molecule has 1 aliphatic rings. The van der Waals surface area contributed by atoms with E-state index in [2.05, 4.69) is 20.2 Å². The van der Waals surface area contributed by atoms with Crippen LogP contribution in [0.25, 0.3) is 0 Å². The van der Waals surface area contributed by atoms with Gasteiger partial charge in [0.25, 0.3) is 0 Å². The van der Waals surface area contributed by atoms with E-state index in [0.717, 1.165) is 54.3 Å². The minimum Gasteiger partial charge on any atom is -0.344 e. The summed E-state index contributed by atoms with van der Waals surface area (Å²) in [5.41, 5.74) is 4.26. The van der Waals surface area contributed by atoms with E-state index < -0.39 is 0 Å². The van der Waals surface area contributed by atoms with Crippen LogP contribution < -0.4 is 0 Å². The van der Waals surface area contributed by atoms with E-state index in [9.17, 15) is 4.79 Å². The van der Waals surface area contributed by atoms with Crippen molar-refractivity contribution in [2.45, 2.75) is 52.5 Å². The van der Waals surface area contributed by atoms with Crippen molar-refractivity contribution < 1.29 is 4.79 Å². The third-order valence-electron chi connectivity index (χ3n) is 4.48. The summed E-state index contributed by atoms with van der Waals surface area (Å²) in [5.74, 6) is 1.12. The quantitative estimate of drug-likeness (QED) is 0.910. The Morgan fingerprint density at radius 3 is 2.86 bits per heavy atom. The highest BCUT2D eigenvalue weighted by molar-refractivity contribution is 5.77. The third-order valence-corrected chi connectivity index (χ3v) is 4.48. The largest absolute Gasteiger partial charge is 0.344 e. The van der Waals surface area contributed by atoms with Gasteiger partial charge in [-0.2, -0.15) is 5.10 Å². The number of nitrogens with one attached hydrogen (secondary N) is 2. The van der Waals surface area contributed by atoms with Crippen LogP contribution in [0.15, 0.2) is 6.20 Å². The number of amides is 1. The molecule has 0 aliphatic carbocycles. The monoisotopic (exact) mass is 301 g/mol. The van der Waals surface area contributed by atoms with Crippen LogP contribution in [0.3, 0.4) is 0 Å². The second-order valence-corrected chi connectivity index (χ2v) is 6.11. The number of likely N-dealkylation sites (tertiary alicyclic amines) is 1. The molecule has 1 fully saturated rings. The summed E-state index contributed by atoms with van der Waals surface area (Å²) in [7, 11) is 0. The first kappa shape index (κ1) is 14.8. The van der Waals surface area contributed by atoms with Gasteiger partial charge in [-0.05, 0) is 45.6 Å². The van der Waals surface area contributed by atoms with Gasteiger partial charge in [0.2, 0.25) is 5.91 Å². The average molecular weight is 301 g/mol. The van der Waals surface area contributed by atoms with Crippen LogP contribution in [0.1, 0.15) is 53.8 Å². The number of aryl methyl sites for hydroxylation is 3. The molecular formula is C16H23N5O. The fraction of sp³-hybridized carbons (Fsp3) is 0.562. The molecule has 22 heavy (non-hydrogen) atoms. The van der Waals surface area contributed by atoms with Gasteiger partial charge in [-0.1, -0.05) is 0 Å². The maximum absolute atomic E-state index is 12.6. The summed E-state index contributed by atoms with van der Waals surface area (Å²) in [6.07, 6.45) is 5.13. The number of carbonyl (C=O) groups excluding carboxylic acids is 1. The van der Waals surface area contributed by atoms with Crippen molar-refractivity contribution in [2.75, 3.05) is 6.54 Å². The van der Waals surface area contributed by atoms with E-state index in [-0.39, 0.29) is 11.9 Å². The van der Waals surface area contributed by atoms with Gasteiger partial charge >= 0.3 is 0 Å². The Kier molecular flexibility index (Phi) is 4.00. The zero-order valence-electron chi connectivity index (χ0n) is 13.4. The minimum absolute atomic E-state index is 0.104. The molecular weight excluding hydrogens is 278 g/mol. The lowest BCUT2D eigenvalue weighted by Gasteiger charge is -2.23. The standard InChI is InChI=1S/C16H23N5O/c1-10-9-17-16(18-10)14-5-4-8-21(14)15(22)7-6-13-11(2)19-20-12(13)3/h9,14H,4-8H2,1-3H3,(H,17,18)(H,19,20)/t14-/m1/s1. The van der Waals surface area contributed by atoms with E-state index in [0.29, 0.717) is 6.42 Å². The molecule has 118 valence electrons. The second-order valence-electron chi connectivity index (χ2n) is 6.11. The van der Waals surface area contributed by atoms with Crippen LogP contribution in [-0.2, 0) is 11.2 Å². The second kappa shape index (κ2) is 5.94. The Balaban J connectivity index is 1.66. The van der Waals surface area contributed by atoms with Crippen LogP contribution in [-0.4, -0.2) is 37.5 Å². The summed E-state index contributed by atoms with van der Waals surface area (Å²) >= 11 is 0. The van der Waals surface area contributed by atoms with Gasteiger partial charge in [-0.3, -0.25) is 9.89 Å². The molecule has 0 radical (unpaired) electrons. The van der Waals surface area contributed by atoms with Crippen LogP contribution in [0.5, 0.6) is 0 Å². The highest BCUT2D eigenvalue weighted by Gasteiger charge is 2.31. The van der Waals surface area contributed by atoms with Crippen molar-refractivity contribution in [1.82, 2.24) is 25.1 Å². The molecule has 0 aromatic carbocycles. The summed E-state index contributed by atoms with van der Waals surface area (Å²) < 4.78 is 0. The lowest BCUT2D eigenvalue weighted by molar-refractivity contribution is -0.132. The number of imidazole rings is 1. The number of aromatic nitrogens is 4. The molecule has 0 saturated carbocycles. The van der Waals surface area contributed by atoms with Gasteiger partial charge in [-0.25, -0.2) is 4.98 Å². The van der Waals surface area contributed by atoms with E-state index in [4.69, 9.17) is 0 Å². The molecule has 0 unspecified atom stereocenters. The highest BCUT2D eigenvalue weighted by Crippen LogP contribution is 2.31. The molecule has 3 heterocycles. The molecule has 6 heteroatoms. The zero-order chi connectivity index (χ0) is 15.7. The van der Waals surface area contributed by atoms with E-state index in [1.807, 2.05) is 31.9 Å². The Bertz CT molecular complexity index is 652. The van der Waals surface area contributed by atoms with Crippen molar-refractivity contribution in [1.29, 1.82) is 0 Å². The van der Waals surface area contributed by atoms with Crippen molar-refractivity contribution in [3.05, 3.63) is 34.7 Å². The normalized spacial score (nSPS) is 18.1. The molecule has 0 spiro atoms. The van der Waals surface area contributed by atoms with Gasteiger partial charge in [0.15, 0.2) is 0 Å². The number of rotatable bonds is 4. The molecule has 1 aliphatic heterocycles. The van der Waals surface area contributed by atoms with Gasteiger partial charge in [0.05, 0.1) is 11.7 Å². The molecule has 2 aromatic rings. The molecule has 1 atom stereocenters. The summed E-state index contributed by atoms with van der Waals surface area (Å²) in [6.45, 7) is 6.80. The van der Waals surface area contributed by atoms with Crippen molar-refractivity contribution in [3.63, 3.8) is 0 Å². The first-order valence-corrected chi connectivity index (χ1v) is 7.87. The Labute approximate surface area is 130 Å². The van der Waals surface area contributed by atoms with Gasteiger partial charge in [-0.15, -0.1) is 0 Å². The summed E-state index contributed by atoms with van der Waals surface area (Å²) in [4.78, 5) is 22.3. The molecule has 3 rings (SSSR count). The first-order chi connectivity index (χ1) is 10.6. The topological polar surface area (TPSA) is 77.7 Å².